The van der Waals surface area contributed by atoms with Gasteiger partial charge in [0, 0.05) is 5.39 Å². The van der Waals surface area contributed by atoms with Crippen molar-refractivity contribution in [1.82, 2.24) is 15.2 Å². The first-order valence-electron chi connectivity index (χ1n) is 3.44. The van der Waals surface area contributed by atoms with E-state index >= 15 is 0 Å². The molecule has 0 aliphatic carbocycles. The molecule has 2 aromatic rings. The summed E-state index contributed by atoms with van der Waals surface area (Å²) in [6.07, 6.45) is -1.96. The van der Waals surface area contributed by atoms with E-state index in [1.165, 1.54) is 6.20 Å². The van der Waals surface area contributed by atoms with Crippen LogP contribution in [0.2, 0.25) is 0 Å². The van der Waals surface area contributed by atoms with E-state index in [0.717, 1.165) is 12.3 Å². The number of H-pyrrole nitrogens is 1. The van der Waals surface area contributed by atoms with Crippen LogP contribution in [0.4, 0.5) is 13.2 Å². The van der Waals surface area contributed by atoms with Gasteiger partial charge >= 0.3 is 6.18 Å². The lowest BCUT2D eigenvalue weighted by molar-refractivity contribution is -0.141. The maximum absolute atomic E-state index is 12.1. The molecule has 6 heteroatoms. The van der Waals surface area contributed by atoms with Gasteiger partial charge in [0.15, 0.2) is 0 Å². The van der Waals surface area contributed by atoms with Crippen molar-refractivity contribution in [3.05, 3.63) is 24.2 Å². The van der Waals surface area contributed by atoms with Crippen LogP contribution in [0.5, 0.6) is 0 Å². The molecule has 0 amide bonds. The van der Waals surface area contributed by atoms with Gasteiger partial charge in [-0.25, -0.2) is 4.98 Å². The molecule has 0 aliphatic heterocycles. The molecule has 0 bridgehead atoms. The molecule has 3 nitrogen and oxygen atoms in total. The Kier molecular flexibility index (Phi) is 1.51. The highest BCUT2D eigenvalue weighted by Gasteiger charge is 2.32. The molecule has 2 heterocycles. The Hall–Kier alpha value is -1.59. The molecule has 0 saturated heterocycles. The maximum atomic E-state index is 12.1. The minimum Gasteiger partial charge on any atom is -0.276 e. The third kappa shape index (κ3) is 1.34. The van der Waals surface area contributed by atoms with Gasteiger partial charge in [0.05, 0.1) is 17.9 Å². The lowest BCUT2D eigenvalue weighted by Gasteiger charge is -2.03. The fraction of sp³-hybridized carbons (Fsp3) is 0.143. The summed E-state index contributed by atoms with van der Waals surface area (Å²) in [7, 11) is 0. The smallest absolute Gasteiger partial charge is 0.276 e. The average molecular weight is 187 g/mol. The zero-order valence-electron chi connectivity index (χ0n) is 6.26. The van der Waals surface area contributed by atoms with Gasteiger partial charge in [-0.05, 0) is 6.07 Å². The number of aromatic nitrogens is 3. The Morgan fingerprint density at radius 3 is 2.69 bits per heavy atom. The molecule has 0 aliphatic rings. The van der Waals surface area contributed by atoms with Crippen LogP contribution in [-0.2, 0) is 6.18 Å². The number of halogens is 3. The molecular weight excluding hydrogens is 183 g/mol. The van der Waals surface area contributed by atoms with Crippen LogP contribution in [0.15, 0.2) is 18.5 Å². The summed E-state index contributed by atoms with van der Waals surface area (Å²) in [5, 5.41) is 6.52. The number of alkyl halides is 3. The van der Waals surface area contributed by atoms with Crippen LogP contribution in [0.1, 0.15) is 5.69 Å². The summed E-state index contributed by atoms with van der Waals surface area (Å²) in [6, 6.07) is 0.957. The normalized spacial score (nSPS) is 12.2. The number of pyridine rings is 1. The Balaban J connectivity index is 2.61. The highest BCUT2D eigenvalue weighted by molar-refractivity contribution is 5.77. The molecular formula is C7H4F3N3. The number of rotatable bonds is 0. The standard InChI is InChI=1S/C7H4F3N3/c8-7(9,10)6-1-4-2-12-13-5(4)3-11-6/h1-3H,(H,12,13). The number of aromatic amines is 1. The van der Waals surface area contributed by atoms with Gasteiger partial charge in [0.2, 0.25) is 0 Å². The van der Waals surface area contributed by atoms with Crippen molar-refractivity contribution in [3.63, 3.8) is 0 Å². The van der Waals surface area contributed by atoms with Gasteiger partial charge in [-0.3, -0.25) is 5.10 Å². The Morgan fingerprint density at radius 2 is 2.00 bits per heavy atom. The number of fused-ring (bicyclic) bond motifs is 1. The molecule has 0 radical (unpaired) electrons. The predicted molar refractivity (Wildman–Crippen MR) is 38.9 cm³/mol. The van der Waals surface area contributed by atoms with Crippen LogP contribution in [-0.4, -0.2) is 15.2 Å². The summed E-state index contributed by atoms with van der Waals surface area (Å²) in [5.41, 5.74) is -0.408. The zero-order chi connectivity index (χ0) is 9.47. The first-order valence-corrected chi connectivity index (χ1v) is 3.44. The van der Waals surface area contributed by atoms with E-state index in [4.69, 9.17) is 0 Å². The Labute approximate surface area is 70.6 Å². The van der Waals surface area contributed by atoms with Gasteiger partial charge in [-0.2, -0.15) is 18.3 Å². The van der Waals surface area contributed by atoms with E-state index in [-0.39, 0.29) is 0 Å². The summed E-state index contributed by atoms with van der Waals surface area (Å²) in [4.78, 5) is 3.25. The van der Waals surface area contributed by atoms with E-state index < -0.39 is 11.9 Å². The number of nitrogens with one attached hydrogen (secondary N) is 1. The van der Waals surface area contributed by atoms with Gasteiger partial charge in [0.25, 0.3) is 0 Å². The monoisotopic (exact) mass is 187 g/mol. The Morgan fingerprint density at radius 1 is 1.23 bits per heavy atom. The molecule has 0 saturated carbocycles. The van der Waals surface area contributed by atoms with Crippen LogP contribution < -0.4 is 0 Å². The molecule has 1 N–H and O–H groups in total. The number of nitrogens with zero attached hydrogens (tertiary/aromatic N) is 2. The van der Waals surface area contributed by atoms with Crippen LogP contribution >= 0.6 is 0 Å². The lowest BCUT2D eigenvalue weighted by atomic mass is 10.3. The molecule has 0 spiro atoms. The van der Waals surface area contributed by atoms with Crippen molar-refractivity contribution in [2.75, 3.05) is 0 Å². The molecule has 0 fully saturated rings. The summed E-state index contributed by atoms with van der Waals surface area (Å²) < 4.78 is 36.4. The highest BCUT2D eigenvalue weighted by atomic mass is 19.4. The molecule has 13 heavy (non-hydrogen) atoms. The van der Waals surface area contributed by atoms with Crippen LogP contribution in [0.25, 0.3) is 10.9 Å². The van der Waals surface area contributed by atoms with Crippen molar-refractivity contribution in [3.8, 4) is 0 Å². The topological polar surface area (TPSA) is 41.6 Å². The van der Waals surface area contributed by atoms with E-state index in [1.54, 1.807) is 0 Å². The van der Waals surface area contributed by atoms with Gasteiger partial charge in [0.1, 0.15) is 5.69 Å². The fourth-order valence-electron chi connectivity index (χ4n) is 0.998. The third-order valence-corrected chi connectivity index (χ3v) is 1.62. The SMILES string of the molecule is FC(F)(F)c1cc2cn[nH]c2cn1. The summed E-state index contributed by atoms with van der Waals surface area (Å²) >= 11 is 0. The molecule has 0 unspecified atom stereocenters. The first-order chi connectivity index (χ1) is 6.07. The van der Waals surface area contributed by atoms with Crippen molar-refractivity contribution in [2.45, 2.75) is 6.18 Å². The van der Waals surface area contributed by atoms with E-state index in [1.807, 2.05) is 0 Å². The predicted octanol–water partition coefficient (Wildman–Crippen LogP) is 1.98. The van der Waals surface area contributed by atoms with Gasteiger partial charge < -0.3 is 0 Å². The molecule has 0 aromatic carbocycles. The first kappa shape index (κ1) is 8.03. The second-order valence-corrected chi connectivity index (χ2v) is 2.52. The minimum atomic E-state index is -4.40. The van der Waals surface area contributed by atoms with E-state index in [2.05, 4.69) is 15.2 Å². The Bertz CT molecular complexity index is 432. The largest absolute Gasteiger partial charge is 0.433 e. The van der Waals surface area contributed by atoms with Crippen LogP contribution in [0.3, 0.4) is 0 Å². The van der Waals surface area contributed by atoms with Crippen molar-refractivity contribution < 1.29 is 13.2 Å². The number of hydrogen-bond acceptors (Lipinski definition) is 2. The molecule has 0 atom stereocenters. The quantitative estimate of drug-likeness (QED) is 0.685. The van der Waals surface area contributed by atoms with Crippen molar-refractivity contribution >= 4 is 10.9 Å². The van der Waals surface area contributed by atoms with E-state index in [9.17, 15) is 13.2 Å². The highest BCUT2D eigenvalue weighted by Crippen LogP contribution is 2.28. The van der Waals surface area contributed by atoms with E-state index in [0.29, 0.717) is 10.9 Å². The second kappa shape index (κ2) is 2.45. The summed E-state index contributed by atoms with van der Waals surface area (Å²) in [6.45, 7) is 0. The minimum absolute atomic E-state index is 0.405. The lowest BCUT2D eigenvalue weighted by Crippen LogP contribution is -2.06. The van der Waals surface area contributed by atoms with Crippen molar-refractivity contribution in [2.24, 2.45) is 0 Å². The van der Waals surface area contributed by atoms with Crippen LogP contribution in [0, 0.1) is 0 Å². The third-order valence-electron chi connectivity index (χ3n) is 1.62. The zero-order valence-corrected chi connectivity index (χ0v) is 6.26. The van der Waals surface area contributed by atoms with Gasteiger partial charge in [-0.1, -0.05) is 0 Å². The molecule has 68 valence electrons. The average Bonchev–Trinajstić information content (AvgIpc) is 2.47. The van der Waals surface area contributed by atoms with Gasteiger partial charge in [-0.15, -0.1) is 0 Å². The summed E-state index contributed by atoms with van der Waals surface area (Å²) in [5.74, 6) is 0. The molecule has 2 aromatic heterocycles. The molecule has 2 rings (SSSR count). The fourth-order valence-corrected chi connectivity index (χ4v) is 0.998. The second-order valence-electron chi connectivity index (χ2n) is 2.52. The van der Waals surface area contributed by atoms with Crippen molar-refractivity contribution in [1.29, 1.82) is 0 Å². The maximum Gasteiger partial charge on any atom is 0.433 e. The number of hydrogen-bond donors (Lipinski definition) is 1.